The topological polar surface area (TPSA) is 0 Å². The van der Waals surface area contributed by atoms with Gasteiger partial charge in [0.05, 0.1) is 15.2 Å². The van der Waals surface area contributed by atoms with Gasteiger partial charge in [-0.05, 0) is 65.4 Å². The molecule has 0 fully saturated rings. The number of rotatable bonds is 6. The van der Waals surface area contributed by atoms with E-state index < -0.39 is 15.2 Å². The summed E-state index contributed by atoms with van der Waals surface area (Å²) in [6, 6.07) is 5.12. The molecular weight excluding hydrogens is 356 g/mol. The third-order valence-corrected chi connectivity index (χ3v) is 27.4. The van der Waals surface area contributed by atoms with Crippen molar-refractivity contribution in [1.82, 2.24) is 0 Å². The highest BCUT2D eigenvalue weighted by molar-refractivity contribution is 7.42. The van der Waals surface area contributed by atoms with Gasteiger partial charge in [-0.3, -0.25) is 0 Å². The number of aryl methyl sites for hydroxylation is 2. The molecule has 0 saturated heterocycles. The van der Waals surface area contributed by atoms with E-state index in [1.165, 1.54) is 44.1 Å². The maximum absolute atomic E-state index is 2.70. The van der Waals surface area contributed by atoms with Crippen LogP contribution < -0.4 is 0 Å². The van der Waals surface area contributed by atoms with Gasteiger partial charge < -0.3 is 0 Å². The van der Waals surface area contributed by atoms with Crippen molar-refractivity contribution in [3.05, 3.63) is 64.3 Å². The Hall–Kier alpha value is -1.13. The summed E-state index contributed by atoms with van der Waals surface area (Å²) in [6.45, 7) is 13.1. The van der Waals surface area contributed by atoms with Gasteiger partial charge in [0.1, 0.15) is 0 Å². The monoisotopic (exact) mass is 392 g/mol. The molecule has 1 aromatic carbocycles. The van der Waals surface area contributed by atoms with E-state index in [-0.39, 0.29) is 0 Å². The number of unbranched alkanes of at least 4 members (excludes halogenated alkanes) is 1. The van der Waals surface area contributed by atoms with Crippen LogP contribution >= 0.6 is 0 Å². The second-order valence-corrected chi connectivity index (χ2v) is 26.0. The Bertz CT molecular complexity index is 823. The average molecular weight is 393 g/mol. The standard InChI is InChI=1S/C25H36Si2/c1-6-7-9-19-12-14-23(16-19)26(2,3)27(4,5)25-15-13-22-17-20-10-8-11-21(20)18-24(22)25/h12-18,23,25H,6-11H2,1-5H3. The minimum Gasteiger partial charge on any atom is -0.0803 e. The molecule has 2 heteroatoms. The molecule has 2 unspecified atom stereocenters. The maximum Gasteiger partial charge on any atom is 0.0548 e. The molecule has 4 rings (SSSR count). The van der Waals surface area contributed by atoms with Crippen LogP contribution in [0.3, 0.4) is 0 Å². The fourth-order valence-electron chi connectivity index (χ4n) is 5.40. The van der Waals surface area contributed by atoms with Crippen LogP contribution in [0.2, 0.25) is 31.7 Å². The van der Waals surface area contributed by atoms with E-state index >= 15 is 0 Å². The molecule has 0 radical (unpaired) electrons. The molecule has 27 heavy (non-hydrogen) atoms. The summed E-state index contributed by atoms with van der Waals surface area (Å²) in [7, 11) is -2.86. The molecule has 0 amide bonds. The molecular formula is C25H36Si2. The second kappa shape index (κ2) is 7.04. The lowest BCUT2D eigenvalue weighted by Crippen LogP contribution is -2.60. The van der Waals surface area contributed by atoms with Crippen LogP contribution in [0.1, 0.15) is 60.4 Å². The lowest BCUT2D eigenvalue weighted by molar-refractivity contribution is 0.798. The molecule has 144 valence electrons. The molecule has 0 N–H and O–H groups in total. The van der Waals surface area contributed by atoms with Crippen LogP contribution in [-0.4, -0.2) is 15.2 Å². The van der Waals surface area contributed by atoms with Crippen molar-refractivity contribution in [3.8, 4) is 0 Å². The maximum atomic E-state index is 2.70. The van der Waals surface area contributed by atoms with Crippen molar-refractivity contribution in [3.63, 3.8) is 0 Å². The van der Waals surface area contributed by atoms with Gasteiger partial charge in [0.2, 0.25) is 0 Å². The summed E-state index contributed by atoms with van der Waals surface area (Å²) in [4.78, 5) is 0. The quantitative estimate of drug-likeness (QED) is 0.443. The molecule has 1 aromatic rings. The van der Waals surface area contributed by atoms with Crippen molar-refractivity contribution >= 4 is 21.3 Å². The molecule has 0 bridgehead atoms. The Balaban J connectivity index is 1.62. The molecule has 0 heterocycles. The Labute approximate surface area is 168 Å². The summed E-state index contributed by atoms with van der Waals surface area (Å²) in [6.07, 6.45) is 20.5. The molecule has 2 atom stereocenters. The minimum atomic E-state index is -1.45. The van der Waals surface area contributed by atoms with Gasteiger partial charge in [-0.2, -0.15) is 0 Å². The first kappa shape index (κ1) is 19.2. The zero-order chi connectivity index (χ0) is 19.2. The van der Waals surface area contributed by atoms with Gasteiger partial charge >= 0.3 is 0 Å². The number of fused-ring (bicyclic) bond motifs is 2. The fraction of sp³-hybridized carbons (Fsp3) is 0.520. The summed E-state index contributed by atoms with van der Waals surface area (Å²) in [5.41, 5.74) is 9.52. The van der Waals surface area contributed by atoms with Crippen LogP contribution in [0.15, 0.2) is 42.0 Å². The fourth-order valence-corrected chi connectivity index (χ4v) is 16.2. The SMILES string of the molecule is CCCCC1=CC([Si](C)(C)[Si](C)(C)C2C=Cc3cc4c(cc32)CCC4)C=C1. The van der Waals surface area contributed by atoms with Gasteiger partial charge in [-0.25, -0.2) is 0 Å². The number of benzene rings is 1. The lowest BCUT2D eigenvalue weighted by atomic mass is 10.0. The zero-order valence-electron chi connectivity index (χ0n) is 17.9. The van der Waals surface area contributed by atoms with Gasteiger partial charge in [-0.15, -0.1) is 0 Å². The van der Waals surface area contributed by atoms with Crippen LogP contribution in [-0.2, 0) is 12.8 Å². The van der Waals surface area contributed by atoms with Crippen molar-refractivity contribution in [2.24, 2.45) is 0 Å². The van der Waals surface area contributed by atoms with Gasteiger partial charge in [-0.1, -0.05) is 87.6 Å². The molecule has 0 spiro atoms. The van der Waals surface area contributed by atoms with E-state index in [0.29, 0.717) is 5.54 Å². The summed E-state index contributed by atoms with van der Waals surface area (Å²) in [5.74, 6) is 0. The molecule has 0 aromatic heterocycles. The molecule has 3 aliphatic rings. The molecule has 0 saturated carbocycles. The van der Waals surface area contributed by atoms with Crippen LogP contribution in [0.4, 0.5) is 0 Å². The normalized spacial score (nSPS) is 23.7. The second-order valence-electron chi connectivity index (χ2n) is 10.1. The largest absolute Gasteiger partial charge is 0.0803 e. The summed E-state index contributed by atoms with van der Waals surface area (Å²) in [5, 5.41) is 0. The van der Waals surface area contributed by atoms with Gasteiger partial charge in [0, 0.05) is 0 Å². The Morgan fingerprint density at radius 1 is 0.926 bits per heavy atom. The first-order valence-corrected chi connectivity index (χ1v) is 18.2. The van der Waals surface area contributed by atoms with Crippen LogP contribution in [0, 0.1) is 0 Å². The number of hydrogen-bond donors (Lipinski definition) is 0. The van der Waals surface area contributed by atoms with Gasteiger partial charge in [0.25, 0.3) is 0 Å². The van der Waals surface area contributed by atoms with Crippen molar-refractivity contribution < 1.29 is 0 Å². The Kier molecular flexibility index (Phi) is 5.01. The van der Waals surface area contributed by atoms with E-state index in [4.69, 9.17) is 0 Å². The highest BCUT2D eigenvalue weighted by Gasteiger charge is 2.50. The van der Waals surface area contributed by atoms with Gasteiger partial charge in [0.15, 0.2) is 0 Å². The van der Waals surface area contributed by atoms with E-state index in [2.05, 4.69) is 75.6 Å². The minimum absolute atomic E-state index is 0.710. The van der Waals surface area contributed by atoms with E-state index in [1.54, 1.807) is 22.3 Å². The van der Waals surface area contributed by atoms with Crippen LogP contribution in [0.25, 0.3) is 6.08 Å². The lowest BCUT2D eigenvalue weighted by Gasteiger charge is -2.45. The number of allylic oxidation sites excluding steroid dienone is 5. The smallest absolute Gasteiger partial charge is 0.0548 e. The highest BCUT2D eigenvalue weighted by atomic mass is 29.3. The Morgan fingerprint density at radius 3 is 2.41 bits per heavy atom. The van der Waals surface area contributed by atoms with Crippen molar-refractivity contribution in [2.75, 3.05) is 0 Å². The van der Waals surface area contributed by atoms with E-state index in [1.807, 2.05) is 0 Å². The van der Waals surface area contributed by atoms with Crippen molar-refractivity contribution in [2.45, 2.75) is 82.7 Å². The Morgan fingerprint density at radius 2 is 1.67 bits per heavy atom. The van der Waals surface area contributed by atoms with Crippen LogP contribution in [0.5, 0.6) is 0 Å². The predicted octanol–water partition coefficient (Wildman–Crippen LogP) is 7.38. The molecule has 3 aliphatic carbocycles. The number of hydrogen-bond acceptors (Lipinski definition) is 0. The molecule has 0 nitrogen and oxygen atoms in total. The first-order valence-electron chi connectivity index (χ1n) is 11.1. The van der Waals surface area contributed by atoms with E-state index in [9.17, 15) is 0 Å². The zero-order valence-corrected chi connectivity index (χ0v) is 19.9. The predicted molar refractivity (Wildman–Crippen MR) is 126 cm³/mol. The highest BCUT2D eigenvalue weighted by Crippen LogP contribution is 2.47. The summed E-state index contributed by atoms with van der Waals surface area (Å²) >= 11 is 0. The summed E-state index contributed by atoms with van der Waals surface area (Å²) < 4.78 is 0. The first-order chi connectivity index (χ1) is 12.8. The van der Waals surface area contributed by atoms with E-state index in [0.717, 1.165) is 5.54 Å². The third kappa shape index (κ3) is 3.19. The van der Waals surface area contributed by atoms with Crippen molar-refractivity contribution in [1.29, 1.82) is 0 Å². The average Bonchev–Trinajstić information content (AvgIpc) is 3.36. The third-order valence-electron chi connectivity index (χ3n) is 8.10. The molecule has 0 aliphatic heterocycles.